The Bertz CT molecular complexity index is 488. The normalized spacial score (nSPS) is 10.6. The van der Waals surface area contributed by atoms with Gasteiger partial charge in [0.05, 0.1) is 7.11 Å². The van der Waals surface area contributed by atoms with Crippen molar-refractivity contribution in [2.75, 3.05) is 13.7 Å². The molecule has 0 aliphatic carbocycles. The molecule has 1 amide bonds. The lowest BCUT2D eigenvalue weighted by molar-refractivity contribution is -0.121. The van der Waals surface area contributed by atoms with E-state index < -0.39 is 0 Å². The molecule has 0 aliphatic heterocycles. The predicted octanol–water partition coefficient (Wildman–Crippen LogP) is 4.98. The summed E-state index contributed by atoms with van der Waals surface area (Å²) >= 11 is 0. The van der Waals surface area contributed by atoms with Gasteiger partial charge in [-0.1, -0.05) is 64.4 Å². The van der Waals surface area contributed by atoms with Crippen LogP contribution in [0.5, 0.6) is 11.5 Å². The summed E-state index contributed by atoms with van der Waals surface area (Å²) in [5.74, 6) is 0.743. The molecule has 2 N–H and O–H groups in total. The summed E-state index contributed by atoms with van der Waals surface area (Å²) in [4.78, 5) is 11.8. The first-order chi connectivity index (χ1) is 12.2. The highest BCUT2D eigenvalue weighted by atomic mass is 16.5. The van der Waals surface area contributed by atoms with Crippen LogP contribution in [0.2, 0.25) is 0 Å². The Morgan fingerprint density at radius 1 is 1.04 bits per heavy atom. The third-order valence-corrected chi connectivity index (χ3v) is 4.49. The third-order valence-electron chi connectivity index (χ3n) is 4.49. The lowest BCUT2D eigenvalue weighted by Crippen LogP contribution is -2.25. The lowest BCUT2D eigenvalue weighted by Gasteiger charge is -2.08. The number of ether oxygens (including phenoxy) is 1. The van der Waals surface area contributed by atoms with Gasteiger partial charge in [0.15, 0.2) is 11.5 Å². The Hall–Kier alpha value is -1.71. The van der Waals surface area contributed by atoms with Gasteiger partial charge in [0.25, 0.3) is 0 Å². The molecule has 0 saturated carbocycles. The Balaban J connectivity index is 2.02. The molecule has 0 aliphatic rings. The molecule has 4 heteroatoms. The Morgan fingerprint density at radius 2 is 1.68 bits per heavy atom. The van der Waals surface area contributed by atoms with Gasteiger partial charge in [0.2, 0.25) is 5.91 Å². The van der Waals surface area contributed by atoms with Crippen molar-refractivity contribution < 1.29 is 14.6 Å². The van der Waals surface area contributed by atoms with E-state index >= 15 is 0 Å². The Labute approximate surface area is 153 Å². The maximum absolute atomic E-state index is 11.8. The highest BCUT2D eigenvalue weighted by Crippen LogP contribution is 2.26. The molecule has 25 heavy (non-hydrogen) atoms. The van der Waals surface area contributed by atoms with Crippen LogP contribution < -0.4 is 10.1 Å². The predicted molar refractivity (Wildman–Crippen MR) is 103 cm³/mol. The molecule has 0 heterocycles. The van der Waals surface area contributed by atoms with Crippen molar-refractivity contribution in [1.82, 2.24) is 5.32 Å². The molecule has 142 valence electrons. The minimum absolute atomic E-state index is 0.133. The second kappa shape index (κ2) is 13.6. The maximum atomic E-state index is 11.8. The smallest absolute Gasteiger partial charge is 0.220 e. The van der Waals surface area contributed by atoms with E-state index in [2.05, 4.69) is 12.2 Å². The molecule has 0 fully saturated rings. The SMILES string of the molecule is CCCCCCCCCCCC(=O)NCCc1ccc(O)c(OC)c1. The summed E-state index contributed by atoms with van der Waals surface area (Å²) in [6, 6.07) is 5.28. The minimum atomic E-state index is 0.133. The zero-order valence-electron chi connectivity index (χ0n) is 16.0. The van der Waals surface area contributed by atoms with Gasteiger partial charge in [0.1, 0.15) is 0 Å². The molecule has 0 saturated heterocycles. The van der Waals surface area contributed by atoms with E-state index in [9.17, 15) is 9.90 Å². The average Bonchev–Trinajstić information content (AvgIpc) is 2.61. The fraction of sp³-hybridized carbons (Fsp3) is 0.667. The number of aromatic hydroxyl groups is 1. The van der Waals surface area contributed by atoms with Crippen molar-refractivity contribution in [2.24, 2.45) is 0 Å². The van der Waals surface area contributed by atoms with Gasteiger partial charge < -0.3 is 15.2 Å². The summed E-state index contributed by atoms with van der Waals surface area (Å²) in [6.45, 7) is 2.86. The first-order valence-corrected chi connectivity index (χ1v) is 9.80. The third kappa shape index (κ3) is 10.0. The number of rotatable bonds is 14. The van der Waals surface area contributed by atoms with Gasteiger partial charge in [-0.3, -0.25) is 4.79 Å². The molecule has 1 aromatic carbocycles. The Morgan fingerprint density at radius 3 is 2.32 bits per heavy atom. The summed E-state index contributed by atoms with van der Waals surface area (Å²) < 4.78 is 5.09. The van der Waals surface area contributed by atoms with Gasteiger partial charge in [-0.25, -0.2) is 0 Å². The zero-order chi connectivity index (χ0) is 18.3. The number of carbonyl (C=O) groups is 1. The molecule has 0 spiro atoms. The summed E-state index contributed by atoms with van der Waals surface area (Å²) in [7, 11) is 1.53. The highest BCUT2D eigenvalue weighted by Gasteiger charge is 2.04. The zero-order valence-corrected chi connectivity index (χ0v) is 16.0. The molecule has 0 unspecified atom stereocenters. The van der Waals surface area contributed by atoms with Crippen LogP contribution in [0.15, 0.2) is 18.2 Å². The second-order valence-electron chi connectivity index (χ2n) is 6.68. The van der Waals surface area contributed by atoms with E-state index in [1.54, 1.807) is 6.07 Å². The van der Waals surface area contributed by atoms with Crippen LogP contribution in [0.25, 0.3) is 0 Å². The van der Waals surface area contributed by atoms with E-state index in [1.165, 1.54) is 52.1 Å². The highest BCUT2D eigenvalue weighted by molar-refractivity contribution is 5.75. The van der Waals surface area contributed by atoms with Gasteiger partial charge in [-0.05, 0) is 30.5 Å². The molecule has 1 aromatic rings. The number of methoxy groups -OCH3 is 1. The van der Waals surface area contributed by atoms with Crippen molar-refractivity contribution in [3.8, 4) is 11.5 Å². The number of unbranched alkanes of at least 4 members (excludes halogenated alkanes) is 8. The number of phenols is 1. The molecule has 4 nitrogen and oxygen atoms in total. The number of nitrogens with one attached hydrogen (secondary N) is 1. The molecule has 0 bridgehead atoms. The van der Waals surface area contributed by atoms with Crippen LogP contribution >= 0.6 is 0 Å². The van der Waals surface area contributed by atoms with Crippen LogP contribution in [-0.2, 0) is 11.2 Å². The molecule has 1 rings (SSSR count). The van der Waals surface area contributed by atoms with Crippen molar-refractivity contribution in [1.29, 1.82) is 0 Å². The van der Waals surface area contributed by atoms with Crippen molar-refractivity contribution in [3.63, 3.8) is 0 Å². The van der Waals surface area contributed by atoms with Crippen LogP contribution in [0.4, 0.5) is 0 Å². The molecule has 0 aromatic heterocycles. The van der Waals surface area contributed by atoms with Gasteiger partial charge in [-0.15, -0.1) is 0 Å². The molecule has 0 atom stereocenters. The minimum Gasteiger partial charge on any atom is -0.504 e. The number of benzene rings is 1. The first kappa shape index (κ1) is 21.3. The monoisotopic (exact) mass is 349 g/mol. The summed E-state index contributed by atoms with van der Waals surface area (Å²) in [5.41, 5.74) is 1.04. The standard InChI is InChI=1S/C21H35NO3/c1-3-4-5-6-7-8-9-10-11-12-21(24)22-16-15-18-13-14-19(23)20(17-18)25-2/h13-14,17,23H,3-12,15-16H2,1-2H3,(H,22,24). The quantitative estimate of drug-likeness (QED) is 0.466. The van der Waals surface area contributed by atoms with Gasteiger partial charge >= 0.3 is 0 Å². The van der Waals surface area contributed by atoms with Gasteiger partial charge in [0, 0.05) is 13.0 Å². The lowest BCUT2D eigenvalue weighted by atomic mass is 10.1. The van der Waals surface area contributed by atoms with Crippen molar-refractivity contribution in [3.05, 3.63) is 23.8 Å². The van der Waals surface area contributed by atoms with E-state index in [0.29, 0.717) is 18.7 Å². The van der Waals surface area contributed by atoms with Gasteiger partial charge in [-0.2, -0.15) is 0 Å². The summed E-state index contributed by atoms with van der Waals surface area (Å²) in [5, 5.41) is 12.5. The van der Waals surface area contributed by atoms with Crippen LogP contribution in [0.1, 0.15) is 76.7 Å². The number of hydrogen-bond acceptors (Lipinski definition) is 3. The second-order valence-corrected chi connectivity index (χ2v) is 6.68. The van der Waals surface area contributed by atoms with E-state index in [4.69, 9.17) is 4.74 Å². The fourth-order valence-electron chi connectivity index (χ4n) is 2.91. The largest absolute Gasteiger partial charge is 0.504 e. The van der Waals surface area contributed by atoms with E-state index in [-0.39, 0.29) is 11.7 Å². The van der Waals surface area contributed by atoms with E-state index in [0.717, 1.165) is 24.8 Å². The number of amides is 1. The van der Waals surface area contributed by atoms with Crippen molar-refractivity contribution >= 4 is 5.91 Å². The first-order valence-electron chi connectivity index (χ1n) is 9.80. The summed E-state index contributed by atoms with van der Waals surface area (Å²) in [6.07, 6.45) is 12.7. The number of carbonyl (C=O) groups excluding carboxylic acids is 1. The van der Waals surface area contributed by atoms with E-state index in [1.807, 2.05) is 12.1 Å². The van der Waals surface area contributed by atoms with Crippen molar-refractivity contribution in [2.45, 2.75) is 77.6 Å². The fourth-order valence-corrected chi connectivity index (χ4v) is 2.91. The Kier molecular flexibility index (Phi) is 11.6. The number of hydrogen-bond donors (Lipinski definition) is 2. The van der Waals surface area contributed by atoms with Crippen LogP contribution in [-0.4, -0.2) is 24.7 Å². The average molecular weight is 350 g/mol. The maximum Gasteiger partial charge on any atom is 0.220 e. The molecular formula is C21H35NO3. The molecular weight excluding hydrogens is 314 g/mol. The van der Waals surface area contributed by atoms with Crippen LogP contribution in [0, 0.1) is 0 Å². The van der Waals surface area contributed by atoms with Crippen LogP contribution in [0.3, 0.4) is 0 Å². The topological polar surface area (TPSA) is 58.6 Å². The number of phenolic OH excluding ortho intramolecular Hbond substituents is 1. The molecule has 0 radical (unpaired) electrons.